The first-order valence-corrected chi connectivity index (χ1v) is 4.60. The van der Waals surface area contributed by atoms with E-state index in [-0.39, 0.29) is 5.91 Å². The first-order chi connectivity index (χ1) is 6.00. The fourth-order valence-corrected chi connectivity index (χ4v) is 1.53. The molecule has 0 saturated carbocycles. The number of rotatable bonds is 2. The monoisotopic (exact) mass is 245 g/mol. The van der Waals surface area contributed by atoms with Gasteiger partial charge in [0.2, 0.25) is 0 Å². The summed E-state index contributed by atoms with van der Waals surface area (Å²) in [6.45, 7) is 0. The van der Waals surface area contributed by atoms with E-state index in [1.165, 1.54) is 0 Å². The molecule has 0 aliphatic carbocycles. The van der Waals surface area contributed by atoms with E-state index in [1.54, 1.807) is 29.7 Å². The van der Waals surface area contributed by atoms with Gasteiger partial charge in [0.1, 0.15) is 5.69 Å². The number of hydrogen-bond acceptors (Lipinski definition) is 2. The normalized spacial score (nSPS) is 10.5. The van der Waals surface area contributed by atoms with Crippen LogP contribution in [0, 0.1) is 0 Å². The minimum Gasteiger partial charge on any atom is -0.345 e. The maximum atomic E-state index is 11.5. The molecule has 1 rings (SSSR count). The third-order valence-corrected chi connectivity index (χ3v) is 1.96. The van der Waals surface area contributed by atoms with E-state index in [2.05, 4.69) is 21.4 Å². The highest BCUT2D eigenvalue weighted by atomic mass is 79.9. The molecular formula is C8H12BrN3O. The van der Waals surface area contributed by atoms with Crippen LogP contribution in [0.4, 0.5) is 0 Å². The standard InChI is InChI=1S/C8H12BrN3O/c1-11(2)10-8(13)7-4-6(9)5-12(7)3/h4-5H,1-3H3,(H,10,13). The second-order valence-corrected chi connectivity index (χ2v) is 3.91. The van der Waals surface area contributed by atoms with Crippen molar-refractivity contribution in [2.45, 2.75) is 0 Å². The van der Waals surface area contributed by atoms with Crippen molar-refractivity contribution < 1.29 is 4.79 Å². The van der Waals surface area contributed by atoms with E-state index >= 15 is 0 Å². The van der Waals surface area contributed by atoms with Crippen molar-refractivity contribution >= 4 is 21.8 Å². The van der Waals surface area contributed by atoms with Crippen molar-refractivity contribution in [1.29, 1.82) is 0 Å². The number of halogens is 1. The summed E-state index contributed by atoms with van der Waals surface area (Å²) in [7, 11) is 5.38. The zero-order valence-electron chi connectivity index (χ0n) is 7.84. The number of aromatic nitrogens is 1. The molecule has 0 aliphatic heterocycles. The lowest BCUT2D eigenvalue weighted by Gasteiger charge is -2.11. The summed E-state index contributed by atoms with van der Waals surface area (Å²) in [6.07, 6.45) is 1.84. The highest BCUT2D eigenvalue weighted by Gasteiger charge is 2.10. The van der Waals surface area contributed by atoms with Gasteiger partial charge in [-0.25, -0.2) is 5.01 Å². The molecule has 1 heterocycles. The van der Waals surface area contributed by atoms with E-state index in [4.69, 9.17) is 0 Å². The first-order valence-electron chi connectivity index (χ1n) is 3.81. The number of nitrogens with one attached hydrogen (secondary N) is 1. The second-order valence-electron chi connectivity index (χ2n) is 2.99. The van der Waals surface area contributed by atoms with Crippen LogP contribution in [-0.2, 0) is 7.05 Å². The fourth-order valence-electron chi connectivity index (χ4n) is 1.01. The lowest BCUT2D eigenvalue weighted by atomic mass is 10.4. The minimum atomic E-state index is -0.113. The van der Waals surface area contributed by atoms with Crippen molar-refractivity contribution in [3.05, 3.63) is 22.4 Å². The van der Waals surface area contributed by atoms with Gasteiger partial charge in [0.25, 0.3) is 5.91 Å². The Hall–Kier alpha value is -0.810. The third-order valence-electron chi connectivity index (χ3n) is 1.53. The van der Waals surface area contributed by atoms with Crippen LogP contribution in [0.5, 0.6) is 0 Å². The van der Waals surface area contributed by atoms with Crippen LogP contribution >= 0.6 is 15.9 Å². The Morgan fingerprint density at radius 1 is 1.62 bits per heavy atom. The number of nitrogens with zero attached hydrogens (tertiary/aromatic N) is 2. The molecule has 0 bridgehead atoms. The molecule has 0 radical (unpaired) electrons. The van der Waals surface area contributed by atoms with Crippen LogP contribution in [0.15, 0.2) is 16.7 Å². The van der Waals surface area contributed by atoms with Crippen molar-refractivity contribution in [2.24, 2.45) is 7.05 Å². The molecular weight excluding hydrogens is 234 g/mol. The molecule has 13 heavy (non-hydrogen) atoms. The SMILES string of the molecule is CN(C)NC(=O)c1cc(Br)cn1C. The number of aryl methyl sites for hydroxylation is 1. The molecule has 1 aromatic rings. The van der Waals surface area contributed by atoms with Crippen molar-refractivity contribution in [2.75, 3.05) is 14.1 Å². The van der Waals surface area contributed by atoms with Gasteiger partial charge in [-0.15, -0.1) is 0 Å². The Morgan fingerprint density at radius 2 is 2.23 bits per heavy atom. The summed E-state index contributed by atoms with van der Waals surface area (Å²) >= 11 is 3.30. The third kappa shape index (κ3) is 2.57. The molecule has 0 fully saturated rings. The second kappa shape index (κ2) is 3.93. The summed E-state index contributed by atoms with van der Waals surface area (Å²) in [5.41, 5.74) is 3.29. The molecule has 0 spiro atoms. The first kappa shape index (κ1) is 10.3. The molecule has 4 nitrogen and oxygen atoms in total. The van der Waals surface area contributed by atoms with Crippen molar-refractivity contribution in [1.82, 2.24) is 15.0 Å². The predicted molar refractivity (Wildman–Crippen MR) is 54.3 cm³/mol. The Morgan fingerprint density at radius 3 is 2.62 bits per heavy atom. The maximum Gasteiger partial charge on any atom is 0.282 e. The quantitative estimate of drug-likeness (QED) is 0.790. The van der Waals surface area contributed by atoms with E-state index in [0.29, 0.717) is 5.69 Å². The topological polar surface area (TPSA) is 37.3 Å². The van der Waals surface area contributed by atoms with Crippen LogP contribution in [0.3, 0.4) is 0 Å². The molecule has 0 aromatic carbocycles. The van der Waals surface area contributed by atoms with Gasteiger partial charge < -0.3 is 4.57 Å². The summed E-state index contributed by atoms with van der Waals surface area (Å²) < 4.78 is 2.67. The summed E-state index contributed by atoms with van der Waals surface area (Å²) in [4.78, 5) is 11.5. The van der Waals surface area contributed by atoms with Crippen molar-refractivity contribution in [3.8, 4) is 0 Å². The van der Waals surface area contributed by atoms with Gasteiger partial charge in [-0.2, -0.15) is 0 Å². The fraction of sp³-hybridized carbons (Fsp3) is 0.375. The molecule has 1 amide bonds. The molecule has 1 aromatic heterocycles. The molecule has 0 unspecified atom stereocenters. The number of hydrogen-bond donors (Lipinski definition) is 1. The van der Waals surface area contributed by atoms with E-state index in [0.717, 1.165) is 4.47 Å². The largest absolute Gasteiger partial charge is 0.345 e. The Labute approximate surface area is 85.6 Å². The van der Waals surface area contributed by atoms with Gasteiger partial charge in [-0.1, -0.05) is 0 Å². The summed E-state index contributed by atoms with van der Waals surface area (Å²) in [6, 6.07) is 1.78. The highest BCUT2D eigenvalue weighted by Crippen LogP contribution is 2.13. The highest BCUT2D eigenvalue weighted by molar-refractivity contribution is 9.10. The smallest absolute Gasteiger partial charge is 0.282 e. The Balaban J connectivity index is 2.82. The van der Waals surface area contributed by atoms with Gasteiger partial charge in [0, 0.05) is 31.8 Å². The lowest BCUT2D eigenvalue weighted by molar-refractivity contribution is 0.0848. The van der Waals surface area contributed by atoms with Crippen LogP contribution in [0.25, 0.3) is 0 Å². The van der Waals surface area contributed by atoms with Crippen LogP contribution < -0.4 is 5.43 Å². The molecule has 5 heteroatoms. The number of carbonyl (C=O) groups excluding carboxylic acids is 1. The molecule has 0 aliphatic rings. The number of amides is 1. The molecule has 72 valence electrons. The van der Waals surface area contributed by atoms with E-state index in [9.17, 15) is 4.79 Å². The van der Waals surface area contributed by atoms with Gasteiger partial charge in [0.05, 0.1) is 0 Å². The van der Waals surface area contributed by atoms with Crippen LogP contribution in [-0.4, -0.2) is 29.6 Å². The summed E-state index contributed by atoms with van der Waals surface area (Å²) in [5.74, 6) is -0.113. The average Bonchev–Trinajstić information content (AvgIpc) is 2.28. The number of hydrazine groups is 1. The average molecular weight is 246 g/mol. The molecule has 1 N–H and O–H groups in total. The van der Waals surface area contributed by atoms with E-state index in [1.807, 2.05) is 13.2 Å². The van der Waals surface area contributed by atoms with Gasteiger partial charge >= 0.3 is 0 Å². The van der Waals surface area contributed by atoms with Gasteiger partial charge in [-0.05, 0) is 22.0 Å². The van der Waals surface area contributed by atoms with Crippen molar-refractivity contribution in [3.63, 3.8) is 0 Å². The van der Waals surface area contributed by atoms with E-state index < -0.39 is 0 Å². The minimum absolute atomic E-state index is 0.113. The zero-order chi connectivity index (χ0) is 10.0. The lowest BCUT2D eigenvalue weighted by Crippen LogP contribution is -2.36. The van der Waals surface area contributed by atoms with Gasteiger partial charge in [0.15, 0.2) is 0 Å². The van der Waals surface area contributed by atoms with Crippen LogP contribution in [0.1, 0.15) is 10.5 Å². The Bertz CT molecular complexity index is 319. The predicted octanol–water partition coefficient (Wildman–Crippen LogP) is 0.994. The molecule has 0 atom stereocenters. The zero-order valence-corrected chi connectivity index (χ0v) is 9.42. The Kier molecular flexibility index (Phi) is 3.11. The summed E-state index contributed by atoms with van der Waals surface area (Å²) in [5, 5.41) is 1.61. The van der Waals surface area contributed by atoms with Gasteiger partial charge in [-0.3, -0.25) is 10.2 Å². The molecule has 0 saturated heterocycles. The van der Waals surface area contributed by atoms with Crippen LogP contribution in [0.2, 0.25) is 0 Å². The number of carbonyl (C=O) groups is 1. The maximum absolute atomic E-state index is 11.5.